The van der Waals surface area contributed by atoms with Crippen LogP contribution < -0.4 is 5.32 Å². The van der Waals surface area contributed by atoms with Crippen molar-refractivity contribution in [3.8, 4) is 0 Å². The Morgan fingerprint density at radius 3 is 2.68 bits per heavy atom. The smallest absolute Gasteiger partial charge is 0.0231 e. The van der Waals surface area contributed by atoms with Crippen LogP contribution in [0.15, 0.2) is 27.6 Å². The van der Waals surface area contributed by atoms with Crippen LogP contribution in [-0.2, 0) is 6.54 Å². The van der Waals surface area contributed by atoms with E-state index in [1.165, 1.54) is 39.9 Å². The van der Waals surface area contributed by atoms with E-state index in [9.17, 15) is 0 Å². The SMILES string of the molecule is CCCCCSc1ccc(CNCC(C)C)c(Br)c1. The number of thioether (sulfide) groups is 1. The zero-order chi connectivity index (χ0) is 14.1. The minimum absolute atomic E-state index is 0.701. The first-order valence-corrected chi connectivity index (χ1v) is 9.03. The summed E-state index contributed by atoms with van der Waals surface area (Å²) in [6, 6.07) is 6.73. The maximum absolute atomic E-state index is 3.68. The van der Waals surface area contributed by atoms with Gasteiger partial charge in [0.2, 0.25) is 0 Å². The molecule has 0 aromatic heterocycles. The van der Waals surface area contributed by atoms with Gasteiger partial charge in [-0.25, -0.2) is 0 Å². The van der Waals surface area contributed by atoms with Gasteiger partial charge in [-0.1, -0.05) is 55.6 Å². The summed E-state index contributed by atoms with van der Waals surface area (Å²) < 4.78 is 1.23. The van der Waals surface area contributed by atoms with Gasteiger partial charge in [0.15, 0.2) is 0 Å². The van der Waals surface area contributed by atoms with Crippen LogP contribution in [0.2, 0.25) is 0 Å². The summed E-state index contributed by atoms with van der Waals surface area (Å²) in [5.74, 6) is 1.93. The number of rotatable bonds is 9. The van der Waals surface area contributed by atoms with Crippen molar-refractivity contribution in [1.29, 1.82) is 0 Å². The zero-order valence-electron chi connectivity index (χ0n) is 12.3. The Morgan fingerprint density at radius 2 is 2.05 bits per heavy atom. The lowest BCUT2D eigenvalue weighted by molar-refractivity contribution is 0.551. The number of halogens is 1. The molecule has 1 rings (SSSR count). The highest BCUT2D eigenvalue weighted by Gasteiger charge is 2.02. The molecule has 1 aromatic rings. The molecule has 19 heavy (non-hydrogen) atoms. The molecule has 0 saturated carbocycles. The summed E-state index contributed by atoms with van der Waals surface area (Å²) in [4.78, 5) is 1.37. The fourth-order valence-electron chi connectivity index (χ4n) is 1.80. The molecule has 108 valence electrons. The van der Waals surface area contributed by atoms with Crippen molar-refractivity contribution in [1.82, 2.24) is 5.32 Å². The van der Waals surface area contributed by atoms with Crippen LogP contribution in [0.5, 0.6) is 0 Å². The molecule has 0 radical (unpaired) electrons. The Balaban J connectivity index is 2.40. The van der Waals surface area contributed by atoms with Crippen LogP contribution in [0, 0.1) is 5.92 Å². The molecule has 0 saturated heterocycles. The second-order valence-corrected chi connectivity index (χ2v) is 7.36. The highest BCUT2D eigenvalue weighted by atomic mass is 79.9. The minimum atomic E-state index is 0.701. The van der Waals surface area contributed by atoms with Crippen molar-refractivity contribution in [2.24, 2.45) is 5.92 Å². The van der Waals surface area contributed by atoms with Gasteiger partial charge in [0, 0.05) is 15.9 Å². The van der Waals surface area contributed by atoms with E-state index in [-0.39, 0.29) is 0 Å². The molecule has 0 aliphatic heterocycles. The summed E-state index contributed by atoms with van der Waals surface area (Å²) in [5, 5.41) is 3.48. The molecular weight excluding hydrogens is 318 g/mol. The number of hydrogen-bond acceptors (Lipinski definition) is 2. The standard InChI is InChI=1S/C16H26BrNS/c1-4-5-6-9-19-15-8-7-14(16(17)10-15)12-18-11-13(2)3/h7-8,10,13,18H,4-6,9,11-12H2,1-3H3. The van der Waals surface area contributed by atoms with Crippen LogP contribution in [-0.4, -0.2) is 12.3 Å². The maximum atomic E-state index is 3.68. The summed E-state index contributed by atoms with van der Waals surface area (Å²) >= 11 is 5.65. The van der Waals surface area contributed by atoms with Gasteiger partial charge in [0.1, 0.15) is 0 Å². The zero-order valence-corrected chi connectivity index (χ0v) is 14.7. The average Bonchev–Trinajstić information content (AvgIpc) is 2.37. The molecule has 1 nitrogen and oxygen atoms in total. The molecular formula is C16H26BrNS. The molecule has 0 aliphatic rings. The predicted molar refractivity (Wildman–Crippen MR) is 90.9 cm³/mol. The number of benzene rings is 1. The Morgan fingerprint density at radius 1 is 1.26 bits per heavy atom. The molecule has 0 spiro atoms. The molecule has 0 fully saturated rings. The first-order valence-electron chi connectivity index (χ1n) is 7.25. The average molecular weight is 344 g/mol. The largest absolute Gasteiger partial charge is 0.312 e. The minimum Gasteiger partial charge on any atom is -0.312 e. The third-order valence-electron chi connectivity index (χ3n) is 2.91. The van der Waals surface area contributed by atoms with E-state index >= 15 is 0 Å². The van der Waals surface area contributed by atoms with E-state index in [2.05, 4.69) is 60.2 Å². The summed E-state index contributed by atoms with van der Waals surface area (Å²) in [5.41, 5.74) is 1.35. The van der Waals surface area contributed by atoms with Gasteiger partial charge >= 0.3 is 0 Å². The highest BCUT2D eigenvalue weighted by Crippen LogP contribution is 2.26. The second kappa shape index (κ2) is 9.84. The quantitative estimate of drug-likeness (QED) is 0.470. The topological polar surface area (TPSA) is 12.0 Å². The van der Waals surface area contributed by atoms with Crippen molar-refractivity contribution in [2.75, 3.05) is 12.3 Å². The fraction of sp³-hybridized carbons (Fsp3) is 0.625. The van der Waals surface area contributed by atoms with Gasteiger partial charge < -0.3 is 5.32 Å². The normalized spacial score (nSPS) is 11.2. The molecule has 0 unspecified atom stereocenters. The van der Waals surface area contributed by atoms with Crippen molar-refractivity contribution < 1.29 is 0 Å². The van der Waals surface area contributed by atoms with Crippen molar-refractivity contribution in [3.05, 3.63) is 28.2 Å². The monoisotopic (exact) mass is 343 g/mol. The third kappa shape index (κ3) is 7.38. The van der Waals surface area contributed by atoms with Crippen LogP contribution >= 0.6 is 27.7 Å². The van der Waals surface area contributed by atoms with E-state index in [0.717, 1.165) is 13.1 Å². The first-order chi connectivity index (χ1) is 9.13. The molecule has 0 bridgehead atoms. The first kappa shape index (κ1) is 17.1. The Labute approximate surface area is 131 Å². The van der Waals surface area contributed by atoms with Crippen molar-refractivity contribution in [2.45, 2.75) is 51.5 Å². The van der Waals surface area contributed by atoms with E-state index in [4.69, 9.17) is 0 Å². The third-order valence-corrected chi connectivity index (χ3v) is 4.73. The lowest BCUT2D eigenvalue weighted by Gasteiger charge is -2.10. The Bertz CT molecular complexity index is 366. The van der Waals surface area contributed by atoms with Crippen LogP contribution in [0.1, 0.15) is 45.6 Å². The number of hydrogen-bond donors (Lipinski definition) is 1. The molecule has 3 heteroatoms. The van der Waals surface area contributed by atoms with Crippen molar-refractivity contribution >= 4 is 27.7 Å². The lowest BCUT2D eigenvalue weighted by Crippen LogP contribution is -2.19. The predicted octanol–water partition coefficient (Wildman–Crippen LogP) is 5.48. The van der Waals surface area contributed by atoms with Gasteiger partial charge in [0.25, 0.3) is 0 Å². The Hall–Kier alpha value is 0.01000. The summed E-state index contributed by atoms with van der Waals surface area (Å²) in [6.07, 6.45) is 3.95. The van der Waals surface area contributed by atoms with Gasteiger partial charge in [-0.05, 0) is 42.3 Å². The second-order valence-electron chi connectivity index (χ2n) is 5.33. The van der Waals surface area contributed by atoms with Crippen LogP contribution in [0.25, 0.3) is 0 Å². The van der Waals surface area contributed by atoms with Crippen LogP contribution in [0.4, 0.5) is 0 Å². The maximum Gasteiger partial charge on any atom is 0.0231 e. The van der Waals surface area contributed by atoms with Gasteiger partial charge in [-0.3, -0.25) is 0 Å². The lowest BCUT2D eigenvalue weighted by atomic mass is 10.2. The molecule has 1 N–H and O–H groups in total. The number of unbranched alkanes of at least 4 members (excludes halogenated alkanes) is 2. The fourth-order valence-corrected chi connectivity index (χ4v) is 3.42. The van der Waals surface area contributed by atoms with E-state index in [0.29, 0.717) is 5.92 Å². The molecule has 0 amide bonds. The van der Waals surface area contributed by atoms with Crippen LogP contribution in [0.3, 0.4) is 0 Å². The summed E-state index contributed by atoms with van der Waals surface area (Å²) in [6.45, 7) is 8.73. The van der Waals surface area contributed by atoms with Gasteiger partial charge in [-0.2, -0.15) is 0 Å². The summed E-state index contributed by atoms with van der Waals surface area (Å²) in [7, 11) is 0. The molecule has 0 atom stereocenters. The van der Waals surface area contributed by atoms with E-state index in [1.54, 1.807) is 0 Å². The number of nitrogens with one attached hydrogen (secondary N) is 1. The molecule has 0 heterocycles. The van der Waals surface area contributed by atoms with Gasteiger partial charge in [-0.15, -0.1) is 11.8 Å². The van der Waals surface area contributed by atoms with Gasteiger partial charge in [0.05, 0.1) is 0 Å². The molecule has 0 aliphatic carbocycles. The van der Waals surface area contributed by atoms with E-state index < -0.39 is 0 Å². The van der Waals surface area contributed by atoms with Crippen molar-refractivity contribution in [3.63, 3.8) is 0 Å². The highest BCUT2D eigenvalue weighted by molar-refractivity contribution is 9.10. The molecule has 1 aromatic carbocycles. The van der Waals surface area contributed by atoms with E-state index in [1.807, 2.05) is 11.8 Å². The Kier molecular flexibility index (Phi) is 8.84.